The Balaban J connectivity index is 2.26. The lowest BCUT2D eigenvalue weighted by molar-refractivity contribution is -0.115. The molecule has 0 saturated carbocycles. The molecule has 1 aromatic carbocycles. The molecule has 1 amide bonds. The Morgan fingerprint density at radius 2 is 2.12 bits per heavy atom. The lowest BCUT2D eigenvalue weighted by Crippen LogP contribution is -2.29. The maximum atomic E-state index is 11.8. The van der Waals surface area contributed by atoms with Crippen molar-refractivity contribution in [2.75, 3.05) is 17.2 Å². The molecule has 0 N–H and O–H groups in total. The number of aliphatic imine (C=N–C) groups is 1. The quantitative estimate of drug-likeness (QED) is 0.805. The smallest absolute Gasteiger partial charge is 0.243 e. The maximum Gasteiger partial charge on any atom is 0.243 e. The number of amidine groups is 1. The largest absolute Gasteiger partial charge is 0.273 e. The van der Waals surface area contributed by atoms with Crippen LogP contribution in [0.1, 0.15) is 13.3 Å². The van der Waals surface area contributed by atoms with Gasteiger partial charge < -0.3 is 0 Å². The number of hydrogen-bond acceptors (Lipinski definition) is 3. The molecule has 0 aliphatic carbocycles. The van der Waals surface area contributed by atoms with Crippen molar-refractivity contribution < 1.29 is 4.79 Å². The van der Waals surface area contributed by atoms with E-state index in [1.807, 2.05) is 30.3 Å². The second-order valence-corrected chi connectivity index (χ2v) is 4.46. The lowest BCUT2D eigenvalue weighted by Gasteiger charge is -2.15. The molecule has 0 bridgehead atoms. The first kappa shape index (κ1) is 11.2. The number of rotatable bonds is 3. The number of nitrogens with zero attached hydrogens (tertiary/aromatic N) is 2. The van der Waals surface area contributed by atoms with Gasteiger partial charge in [0.2, 0.25) is 5.91 Å². The molecule has 1 heterocycles. The fraction of sp³-hybridized carbons (Fsp3) is 0.333. The van der Waals surface area contributed by atoms with Crippen LogP contribution in [0.15, 0.2) is 35.3 Å². The van der Waals surface area contributed by atoms with Crippen molar-refractivity contribution in [3.05, 3.63) is 30.3 Å². The van der Waals surface area contributed by atoms with Crippen LogP contribution in [-0.2, 0) is 4.79 Å². The fourth-order valence-corrected chi connectivity index (χ4v) is 2.42. The van der Waals surface area contributed by atoms with Crippen molar-refractivity contribution >= 4 is 28.5 Å². The SMILES string of the molecule is CCCN=C1SCC(=O)N1c1ccccc1. The van der Waals surface area contributed by atoms with Gasteiger partial charge in [0.25, 0.3) is 0 Å². The Morgan fingerprint density at radius 3 is 2.81 bits per heavy atom. The summed E-state index contributed by atoms with van der Waals surface area (Å²) in [6, 6.07) is 9.68. The summed E-state index contributed by atoms with van der Waals surface area (Å²) in [5, 5.41) is 0.832. The van der Waals surface area contributed by atoms with Gasteiger partial charge >= 0.3 is 0 Å². The number of para-hydroxylation sites is 1. The van der Waals surface area contributed by atoms with Crippen LogP contribution in [0.5, 0.6) is 0 Å². The summed E-state index contributed by atoms with van der Waals surface area (Å²) in [5.41, 5.74) is 0.910. The van der Waals surface area contributed by atoms with Crippen LogP contribution in [0.25, 0.3) is 0 Å². The third kappa shape index (κ3) is 2.27. The molecule has 16 heavy (non-hydrogen) atoms. The van der Waals surface area contributed by atoms with Gasteiger partial charge in [-0.2, -0.15) is 0 Å². The van der Waals surface area contributed by atoms with Gasteiger partial charge in [-0.3, -0.25) is 14.7 Å². The monoisotopic (exact) mass is 234 g/mol. The van der Waals surface area contributed by atoms with Gasteiger partial charge in [-0.05, 0) is 18.6 Å². The zero-order chi connectivity index (χ0) is 11.4. The van der Waals surface area contributed by atoms with Crippen LogP contribution in [0.3, 0.4) is 0 Å². The van der Waals surface area contributed by atoms with Gasteiger partial charge in [0.05, 0.1) is 11.4 Å². The average Bonchev–Trinajstić information content (AvgIpc) is 2.69. The number of carbonyl (C=O) groups is 1. The molecule has 4 heteroatoms. The van der Waals surface area contributed by atoms with E-state index in [0.29, 0.717) is 5.75 Å². The lowest BCUT2D eigenvalue weighted by atomic mass is 10.3. The van der Waals surface area contributed by atoms with Crippen LogP contribution >= 0.6 is 11.8 Å². The third-order valence-corrected chi connectivity index (χ3v) is 3.21. The van der Waals surface area contributed by atoms with E-state index in [2.05, 4.69) is 11.9 Å². The zero-order valence-electron chi connectivity index (χ0n) is 9.22. The molecular weight excluding hydrogens is 220 g/mol. The highest BCUT2D eigenvalue weighted by Crippen LogP contribution is 2.26. The van der Waals surface area contributed by atoms with Crippen molar-refractivity contribution in [2.45, 2.75) is 13.3 Å². The molecule has 0 aromatic heterocycles. The number of amides is 1. The summed E-state index contributed by atoms with van der Waals surface area (Å²) >= 11 is 1.52. The van der Waals surface area contributed by atoms with Gasteiger partial charge in [0.1, 0.15) is 0 Å². The van der Waals surface area contributed by atoms with Crippen LogP contribution in [0, 0.1) is 0 Å². The summed E-state index contributed by atoms with van der Waals surface area (Å²) in [7, 11) is 0. The second kappa shape index (κ2) is 5.16. The molecule has 84 valence electrons. The summed E-state index contributed by atoms with van der Waals surface area (Å²) in [4.78, 5) is 17.9. The fourth-order valence-electron chi connectivity index (χ4n) is 1.52. The average molecular weight is 234 g/mol. The topological polar surface area (TPSA) is 32.7 Å². The molecule has 0 atom stereocenters. The second-order valence-electron chi connectivity index (χ2n) is 3.52. The van der Waals surface area contributed by atoms with Crippen molar-refractivity contribution in [2.24, 2.45) is 4.99 Å². The number of thioether (sulfide) groups is 1. The summed E-state index contributed by atoms with van der Waals surface area (Å²) in [6.07, 6.45) is 1.00. The molecule has 0 unspecified atom stereocenters. The van der Waals surface area contributed by atoms with Gasteiger partial charge in [0, 0.05) is 6.54 Å². The van der Waals surface area contributed by atoms with E-state index in [0.717, 1.165) is 23.8 Å². The van der Waals surface area contributed by atoms with Crippen molar-refractivity contribution in [1.82, 2.24) is 0 Å². The van der Waals surface area contributed by atoms with E-state index in [4.69, 9.17) is 0 Å². The minimum absolute atomic E-state index is 0.117. The molecule has 1 aliphatic heterocycles. The number of carbonyl (C=O) groups excluding carboxylic acids is 1. The first-order valence-electron chi connectivity index (χ1n) is 5.38. The summed E-state index contributed by atoms with van der Waals surface area (Å²) < 4.78 is 0. The molecule has 0 radical (unpaired) electrons. The van der Waals surface area contributed by atoms with E-state index in [1.165, 1.54) is 11.8 Å². The predicted molar refractivity (Wildman–Crippen MR) is 69.0 cm³/mol. The first-order chi connectivity index (χ1) is 7.83. The molecule has 2 rings (SSSR count). The highest BCUT2D eigenvalue weighted by atomic mass is 32.2. The third-order valence-electron chi connectivity index (χ3n) is 2.25. The molecule has 1 aliphatic rings. The van der Waals surface area contributed by atoms with E-state index < -0.39 is 0 Å². The molecule has 3 nitrogen and oxygen atoms in total. The highest BCUT2D eigenvalue weighted by Gasteiger charge is 2.28. The molecular formula is C12H14N2OS. The van der Waals surface area contributed by atoms with Crippen molar-refractivity contribution in [1.29, 1.82) is 0 Å². The Bertz CT molecular complexity index is 403. The van der Waals surface area contributed by atoms with E-state index in [-0.39, 0.29) is 5.91 Å². The number of anilines is 1. The van der Waals surface area contributed by atoms with E-state index in [9.17, 15) is 4.79 Å². The van der Waals surface area contributed by atoms with E-state index >= 15 is 0 Å². The number of benzene rings is 1. The Morgan fingerprint density at radius 1 is 1.38 bits per heavy atom. The van der Waals surface area contributed by atoms with Crippen LogP contribution in [-0.4, -0.2) is 23.4 Å². The maximum absolute atomic E-state index is 11.8. The van der Waals surface area contributed by atoms with Gasteiger partial charge in [-0.15, -0.1) is 0 Å². The Hall–Kier alpha value is -1.29. The van der Waals surface area contributed by atoms with Crippen LogP contribution in [0.2, 0.25) is 0 Å². The van der Waals surface area contributed by atoms with Crippen molar-refractivity contribution in [3.63, 3.8) is 0 Å². The van der Waals surface area contributed by atoms with Gasteiger partial charge in [-0.1, -0.05) is 36.9 Å². The van der Waals surface area contributed by atoms with Gasteiger partial charge in [-0.25, -0.2) is 0 Å². The number of hydrogen-bond donors (Lipinski definition) is 0. The molecule has 0 spiro atoms. The minimum Gasteiger partial charge on any atom is -0.273 e. The molecule has 1 fully saturated rings. The van der Waals surface area contributed by atoms with Crippen molar-refractivity contribution in [3.8, 4) is 0 Å². The Kier molecular flexibility index (Phi) is 3.62. The highest BCUT2D eigenvalue weighted by molar-refractivity contribution is 8.15. The predicted octanol–water partition coefficient (Wildman–Crippen LogP) is 2.53. The van der Waals surface area contributed by atoms with Crippen LogP contribution in [0.4, 0.5) is 5.69 Å². The normalized spacial score (nSPS) is 18.4. The van der Waals surface area contributed by atoms with Crippen LogP contribution < -0.4 is 4.90 Å². The Labute approximate surface area is 99.6 Å². The molecule has 1 aromatic rings. The van der Waals surface area contributed by atoms with E-state index in [1.54, 1.807) is 4.90 Å². The first-order valence-corrected chi connectivity index (χ1v) is 6.36. The molecule has 1 saturated heterocycles. The minimum atomic E-state index is 0.117. The summed E-state index contributed by atoms with van der Waals surface area (Å²) in [6.45, 7) is 2.86. The zero-order valence-corrected chi connectivity index (χ0v) is 10.0. The summed E-state index contributed by atoms with van der Waals surface area (Å²) in [5.74, 6) is 0.614. The van der Waals surface area contributed by atoms with Gasteiger partial charge in [0.15, 0.2) is 5.17 Å². The standard InChI is InChI=1S/C12H14N2OS/c1-2-8-13-12-14(11(15)9-16-12)10-6-4-3-5-7-10/h3-7H,2,8-9H2,1H3.